The van der Waals surface area contributed by atoms with Crippen molar-refractivity contribution < 1.29 is 23.6 Å². The van der Waals surface area contributed by atoms with Crippen LogP contribution in [0.3, 0.4) is 0 Å². The molecule has 2 amide bonds. The van der Waals surface area contributed by atoms with Crippen LogP contribution in [0.2, 0.25) is 0 Å². The van der Waals surface area contributed by atoms with Gasteiger partial charge in [-0.05, 0) is 42.5 Å². The van der Waals surface area contributed by atoms with Gasteiger partial charge in [-0.3, -0.25) is 9.59 Å². The highest BCUT2D eigenvalue weighted by Gasteiger charge is 2.22. The average Bonchev–Trinajstić information content (AvgIpc) is 3.68. The molecule has 0 bridgehead atoms. The summed E-state index contributed by atoms with van der Waals surface area (Å²) in [5.41, 5.74) is 3.30. The Morgan fingerprint density at radius 1 is 0.973 bits per heavy atom. The van der Waals surface area contributed by atoms with Crippen LogP contribution in [0.4, 0.5) is 0 Å². The molecule has 1 aliphatic carbocycles. The van der Waals surface area contributed by atoms with Crippen LogP contribution in [0, 0.1) is 12.8 Å². The van der Waals surface area contributed by atoms with Crippen LogP contribution >= 0.6 is 0 Å². The Morgan fingerprint density at radius 2 is 1.73 bits per heavy atom. The zero-order chi connectivity index (χ0) is 25.6. The third-order valence-corrected chi connectivity index (χ3v) is 7.12. The van der Waals surface area contributed by atoms with Crippen molar-refractivity contribution in [1.29, 1.82) is 0 Å². The molecule has 37 heavy (non-hydrogen) atoms. The summed E-state index contributed by atoms with van der Waals surface area (Å²) in [5.74, 6) is 2.25. The summed E-state index contributed by atoms with van der Waals surface area (Å²) in [6.45, 7) is 3.31. The first-order valence-corrected chi connectivity index (χ1v) is 13.0. The maximum Gasteiger partial charge on any atom is 0.273 e. The molecule has 2 heterocycles. The summed E-state index contributed by atoms with van der Waals surface area (Å²) >= 11 is 0. The number of nitrogens with zero attached hydrogens (tertiary/aromatic N) is 2. The highest BCUT2D eigenvalue weighted by molar-refractivity contribution is 5.92. The highest BCUT2D eigenvalue weighted by Crippen LogP contribution is 2.32. The van der Waals surface area contributed by atoms with Gasteiger partial charge in [0, 0.05) is 25.6 Å². The van der Waals surface area contributed by atoms with Crippen LogP contribution < -0.4 is 14.8 Å². The number of nitrogens with one attached hydrogen (secondary N) is 1. The Balaban J connectivity index is 1.20. The fourth-order valence-corrected chi connectivity index (χ4v) is 4.94. The van der Waals surface area contributed by atoms with Crippen molar-refractivity contribution in [3.63, 3.8) is 0 Å². The Labute approximate surface area is 216 Å². The van der Waals surface area contributed by atoms with E-state index in [0.29, 0.717) is 42.7 Å². The predicted octanol–water partition coefficient (Wildman–Crippen LogP) is 5.14. The van der Waals surface area contributed by atoms with E-state index in [1.807, 2.05) is 49.4 Å². The van der Waals surface area contributed by atoms with Gasteiger partial charge in [0.25, 0.3) is 5.91 Å². The van der Waals surface area contributed by atoms with Crippen LogP contribution in [-0.2, 0) is 24.4 Å². The van der Waals surface area contributed by atoms with E-state index in [-0.39, 0.29) is 30.8 Å². The number of hydrogen-bond donors (Lipinski definition) is 1. The topological polar surface area (TPSA) is 93.9 Å². The number of aryl methyl sites for hydroxylation is 1. The van der Waals surface area contributed by atoms with Gasteiger partial charge < -0.3 is 24.2 Å². The molecule has 1 aliphatic heterocycles. The summed E-state index contributed by atoms with van der Waals surface area (Å²) in [5, 5.41) is 6.81. The molecule has 1 aromatic heterocycles. The van der Waals surface area contributed by atoms with E-state index in [1.54, 1.807) is 11.0 Å². The summed E-state index contributed by atoms with van der Waals surface area (Å²) < 4.78 is 16.2. The fourth-order valence-electron chi connectivity index (χ4n) is 4.94. The van der Waals surface area contributed by atoms with E-state index >= 15 is 0 Å². The van der Waals surface area contributed by atoms with Gasteiger partial charge in [-0.15, -0.1) is 0 Å². The second-order valence-electron chi connectivity index (χ2n) is 9.97. The SMILES string of the molecule is Cc1ccc(CN(Cc2cc(C(=O)NCc3ccc4c(c3)OCO4)no2)C(=O)CCC2CCCC2)cc1. The number of amides is 2. The summed E-state index contributed by atoms with van der Waals surface area (Å²) in [4.78, 5) is 27.7. The Hall–Kier alpha value is -3.81. The quantitative estimate of drug-likeness (QED) is 0.412. The number of carbonyl (C=O) groups excluding carboxylic acids is 2. The lowest BCUT2D eigenvalue weighted by atomic mass is 10.0. The molecular weight excluding hydrogens is 470 g/mol. The largest absolute Gasteiger partial charge is 0.454 e. The van der Waals surface area contributed by atoms with Crippen molar-refractivity contribution in [1.82, 2.24) is 15.4 Å². The standard InChI is InChI=1S/C29H33N3O5/c1-20-6-8-22(9-7-20)17-32(28(33)13-11-21-4-2-3-5-21)18-24-15-25(31-37-24)29(34)30-16-23-10-12-26-27(14-23)36-19-35-26/h6-10,12,14-15,21H,2-5,11,13,16-19H2,1H3,(H,30,34). The Morgan fingerprint density at radius 3 is 2.54 bits per heavy atom. The molecule has 1 saturated carbocycles. The zero-order valence-electron chi connectivity index (χ0n) is 21.2. The summed E-state index contributed by atoms with van der Waals surface area (Å²) in [6.07, 6.45) is 6.42. The molecule has 5 rings (SSSR count). The van der Waals surface area contributed by atoms with E-state index < -0.39 is 0 Å². The molecule has 1 N–H and O–H groups in total. The van der Waals surface area contributed by atoms with Crippen LogP contribution in [0.1, 0.15) is 71.5 Å². The van der Waals surface area contributed by atoms with Gasteiger partial charge >= 0.3 is 0 Å². The lowest BCUT2D eigenvalue weighted by Gasteiger charge is -2.22. The minimum Gasteiger partial charge on any atom is -0.454 e. The van der Waals surface area contributed by atoms with E-state index in [1.165, 1.54) is 31.2 Å². The van der Waals surface area contributed by atoms with Gasteiger partial charge in [-0.25, -0.2) is 0 Å². The molecule has 0 spiro atoms. The number of ether oxygens (including phenoxy) is 2. The second-order valence-corrected chi connectivity index (χ2v) is 9.97. The van der Waals surface area contributed by atoms with E-state index in [4.69, 9.17) is 14.0 Å². The maximum atomic E-state index is 13.2. The first kappa shape index (κ1) is 24.9. The summed E-state index contributed by atoms with van der Waals surface area (Å²) in [7, 11) is 0. The molecule has 8 nitrogen and oxygen atoms in total. The first-order chi connectivity index (χ1) is 18.0. The Kier molecular flexibility index (Phi) is 7.73. The van der Waals surface area contributed by atoms with Crippen molar-refractivity contribution in [3.8, 4) is 11.5 Å². The van der Waals surface area contributed by atoms with Crippen LogP contribution in [-0.4, -0.2) is 28.7 Å². The van der Waals surface area contributed by atoms with Gasteiger partial charge in [0.1, 0.15) is 0 Å². The lowest BCUT2D eigenvalue weighted by molar-refractivity contribution is -0.133. The molecule has 194 valence electrons. The number of carbonyl (C=O) groups is 2. The Bertz CT molecular complexity index is 1230. The van der Waals surface area contributed by atoms with Crippen molar-refractivity contribution in [2.75, 3.05) is 6.79 Å². The smallest absolute Gasteiger partial charge is 0.273 e. The molecule has 0 saturated heterocycles. The lowest BCUT2D eigenvalue weighted by Crippen LogP contribution is -2.30. The van der Waals surface area contributed by atoms with E-state index in [0.717, 1.165) is 17.5 Å². The minimum absolute atomic E-state index is 0.0951. The molecule has 8 heteroatoms. The minimum atomic E-state index is -0.342. The molecular formula is C29H33N3O5. The first-order valence-electron chi connectivity index (χ1n) is 13.0. The van der Waals surface area contributed by atoms with Crippen molar-refractivity contribution >= 4 is 11.8 Å². The molecule has 2 aliphatic rings. The number of aromatic nitrogens is 1. The number of benzene rings is 2. The fraction of sp³-hybridized carbons (Fsp3) is 0.414. The van der Waals surface area contributed by atoms with Crippen molar-refractivity contribution in [2.24, 2.45) is 5.92 Å². The number of fused-ring (bicyclic) bond motifs is 1. The third-order valence-electron chi connectivity index (χ3n) is 7.12. The van der Waals surface area contributed by atoms with E-state index in [9.17, 15) is 9.59 Å². The van der Waals surface area contributed by atoms with Gasteiger partial charge in [-0.1, -0.05) is 66.7 Å². The maximum absolute atomic E-state index is 13.2. The van der Waals surface area contributed by atoms with Gasteiger partial charge in [-0.2, -0.15) is 0 Å². The zero-order valence-corrected chi connectivity index (χ0v) is 21.2. The van der Waals surface area contributed by atoms with Crippen molar-refractivity contribution in [3.05, 3.63) is 76.7 Å². The molecule has 3 aromatic rings. The predicted molar refractivity (Wildman–Crippen MR) is 137 cm³/mol. The number of rotatable bonds is 10. The molecule has 0 radical (unpaired) electrons. The second kappa shape index (κ2) is 11.5. The highest BCUT2D eigenvalue weighted by atomic mass is 16.7. The monoisotopic (exact) mass is 503 g/mol. The molecule has 0 unspecified atom stereocenters. The van der Waals surface area contributed by atoms with Gasteiger partial charge in [0.05, 0.1) is 6.54 Å². The number of hydrogen-bond acceptors (Lipinski definition) is 6. The molecule has 0 atom stereocenters. The molecule has 1 fully saturated rings. The summed E-state index contributed by atoms with van der Waals surface area (Å²) in [6, 6.07) is 15.3. The van der Waals surface area contributed by atoms with Crippen LogP contribution in [0.25, 0.3) is 0 Å². The average molecular weight is 504 g/mol. The van der Waals surface area contributed by atoms with Crippen molar-refractivity contribution in [2.45, 2.75) is 65.1 Å². The third kappa shape index (κ3) is 6.50. The normalized spacial score (nSPS) is 14.6. The van der Waals surface area contributed by atoms with Crippen LogP contribution in [0.15, 0.2) is 53.1 Å². The molecule has 2 aromatic carbocycles. The van der Waals surface area contributed by atoms with Crippen LogP contribution in [0.5, 0.6) is 11.5 Å². The van der Waals surface area contributed by atoms with Gasteiger partial charge in [0.2, 0.25) is 12.7 Å². The van der Waals surface area contributed by atoms with E-state index in [2.05, 4.69) is 10.5 Å². The van der Waals surface area contributed by atoms with Gasteiger partial charge in [0.15, 0.2) is 23.0 Å².